The second-order valence-corrected chi connectivity index (χ2v) is 37.4. The van der Waals surface area contributed by atoms with Crippen molar-refractivity contribution < 1.29 is 0 Å². The van der Waals surface area contributed by atoms with Crippen LogP contribution >= 0.6 is 68.0 Å². The number of benzene rings is 2. The molecule has 0 aliphatic heterocycles. The zero-order valence-electron chi connectivity index (χ0n) is 63.3. The molecule has 12 rings (SSSR count). The summed E-state index contributed by atoms with van der Waals surface area (Å²) in [6.07, 6.45) is 46.1. The minimum absolute atomic E-state index is 0.0207. The Kier molecular flexibility index (Phi) is 28.4. The molecule has 10 heterocycles. The first kappa shape index (κ1) is 76.4. The van der Waals surface area contributed by atoms with Crippen molar-refractivity contribution in [1.29, 1.82) is 0 Å². The number of unbranched alkanes of at least 4 members (excludes halogenated alkanes) is 18. The van der Waals surface area contributed by atoms with Gasteiger partial charge in [0, 0.05) is 80.1 Å². The molecule has 4 atom stereocenters. The summed E-state index contributed by atoms with van der Waals surface area (Å²) in [6, 6.07) is 41.5. The Hall–Kier alpha value is -5.20. The van der Waals surface area contributed by atoms with E-state index in [-0.39, 0.29) is 11.1 Å². The quantitative estimate of drug-likeness (QED) is 0.0357. The van der Waals surface area contributed by atoms with Crippen LogP contribution in [0.15, 0.2) is 119 Å². The maximum atomic E-state index is 16.8. The molecule has 10 aromatic heterocycles. The molecule has 0 spiro atoms. The van der Waals surface area contributed by atoms with E-state index in [1.54, 1.807) is 22.7 Å². The van der Waals surface area contributed by atoms with Crippen LogP contribution in [-0.2, 0) is 25.7 Å². The van der Waals surface area contributed by atoms with E-state index >= 15 is 9.59 Å². The highest BCUT2D eigenvalue weighted by molar-refractivity contribution is 7.24. The molecule has 4 unspecified atom stereocenters. The van der Waals surface area contributed by atoms with Crippen molar-refractivity contribution in [2.45, 2.75) is 287 Å². The Labute approximate surface area is 636 Å². The molecule has 544 valence electrons. The van der Waals surface area contributed by atoms with Gasteiger partial charge >= 0.3 is 0 Å². The Morgan fingerprint density at radius 3 is 0.931 bits per heavy atom. The van der Waals surface area contributed by atoms with Crippen LogP contribution in [0, 0.1) is 23.7 Å². The molecule has 0 fully saturated rings. The number of nitrogens with zero attached hydrogens (tertiary/aromatic N) is 2. The van der Waals surface area contributed by atoms with Crippen LogP contribution in [0.3, 0.4) is 0 Å². The molecule has 4 nitrogen and oxygen atoms in total. The summed E-state index contributed by atoms with van der Waals surface area (Å²) in [6.45, 7) is 18.6. The highest BCUT2D eigenvalue weighted by Crippen LogP contribution is 2.50. The van der Waals surface area contributed by atoms with Crippen molar-refractivity contribution in [1.82, 2.24) is 8.80 Å². The fraction of sp³-hybridized carbons (Fsp3) is 0.522. The second-order valence-electron chi connectivity index (χ2n) is 30.5. The molecule has 0 saturated heterocycles. The van der Waals surface area contributed by atoms with Crippen LogP contribution < -0.4 is 11.1 Å². The van der Waals surface area contributed by atoms with E-state index in [2.05, 4.69) is 173 Å². The van der Waals surface area contributed by atoms with E-state index in [1.165, 1.54) is 254 Å². The zero-order valence-corrected chi connectivity index (χ0v) is 68.2. The van der Waals surface area contributed by atoms with Gasteiger partial charge in [-0.3, -0.25) is 18.4 Å². The molecule has 0 saturated carbocycles. The van der Waals surface area contributed by atoms with Gasteiger partial charge in [-0.05, 0) is 145 Å². The largest absolute Gasteiger partial charge is 0.273 e. The van der Waals surface area contributed by atoms with Gasteiger partial charge in [-0.1, -0.05) is 285 Å². The zero-order chi connectivity index (χ0) is 70.9. The average molecular weight is 1480 g/mol. The predicted molar refractivity (Wildman–Crippen MR) is 458 cm³/mol. The first-order chi connectivity index (χ1) is 50.1. The van der Waals surface area contributed by atoms with Gasteiger partial charge in [0.15, 0.2) is 0 Å². The molecule has 2 aromatic carbocycles. The first-order valence-electron chi connectivity index (χ1n) is 40.9. The van der Waals surface area contributed by atoms with Crippen LogP contribution in [0.25, 0.3) is 105 Å². The molecule has 10 heteroatoms. The minimum Gasteiger partial charge on any atom is -0.273 e. The van der Waals surface area contributed by atoms with Gasteiger partial charge in [-0.25, -0.2) is 0 Å². The van der Waals surface area contributed by atoms with Crippen LogP contribution in [-0.4, -0.2) is 8.80 Å². The number of pyridine rings is 2. The lowest BCUT2D eigenvalue weighted by Gasteiger charge is -2.16. The third-order valence-electron chi connectivity index (χ3n) is 22.8. The van der Waals surface area contributed by atoms with Gasteiger partial charge in [0.05, 0.1) is 33.2 Å². The van der Waals surface area contributed by atoms with Gasteiger partial charge < -0.3 is 0 Å². The molecular weight excluding hydrogens is 1360 g/mol. The molecule has 102 heavy (non-hydrogen) atoms. The standard InChI is InChI=1S/C92H118N2O2S6/c1-9-17-23-27-29-33-39-65(37-31-25-19-11-3)59-71-43-49-77(97-71)67-41-47-73-75(61-67)93-89-85(73)87(83-55-53-81(101-83)79-51-45-69(99-79)57-63(15-7)35-21-13-5)92(96)94-76-62-68(78-50-44-72(98-78)60-66(38-32-26-20-12-4)40-34-30-28-24-18-10-2)42-48-74(76)86(90(89)94)88(91(93)95)84-56-54-82(102-84)80-52-46-70(100-80)58-64(16-8)36-22-14-6/h41-56,61-66H,9-40,57-60H2,1-8H3. The van der Waals surface area contributed by atoms with Crippen LogP contribution in [0.4, 0.5) is 0 Å². The molecule has 0 aliphatic carbocycles. The predicted octanol–water partition coefficient (Wildman–Crippen LogP) is 30.9. The smallest absolute Gasteiger partial charge is 0.265 e. The molecule has 0 aliphatic rings. The molecule has 0 bridgehead atoms. The van der Waals surface area contributed by atoms with E-state index in [0.717, 1.165) is 90.2 Å². The Morgan fingerprint density at radius 1 is 0.284 bits per heavy atom. The molecular formula is C92H118N2O2S6. The molecule has 0 N–H and O–H groups in total. The van der Waals surface area contributed by atoms with Crippen molar-refractivity contribution >= 4 is 112 Å². The highest BCUT2D eigenvalue weighted by Gasteiger charge is 2.32. The Bertz CT molecular complexity index is 4370. The number of thiophene rings is 6. The van der Waals surface area contributed by atoms with E-state index in [4.69, 9.17) is 0 Å². The number of aromatic nitrogens is 2. The second kappa shape index (κ2) is 37.9. The lowest BCUT2D eigenvalue weighted by molar-refractivity contribution is 0.404. The lowest BCUT2D eigenvalue weighted by atomic mass is 9.91. The lowest BCUT2D eigenvalue weighted by Crippen LogP contribution is -2.19. The third kappa shape index (κ3) is 18.1. The van der Waals surface area contributed by atoms with Gasteiger partial charge in [0.25, 0.3) is 11.1 Å². The topological polar surface area (TPSA) is 43.0 Å². The molecule has 0 radical (unpaired) electrons. The summed E-state index contributed by atoms with van der Waals surface area (Å²) >= 11 is 11.2. The fourth-order valence-electron chi connectivity index (χ4n) is 16.8. The number of hydrogen-bond donors (Lipinski definition) is 0. The van der Waals surface area contributed by atoms with E-state index in [1.807, 2.05) is 45.3 Å². The Balaban J connectivity index is 1.02. The third-order valence-corrected chi connectivity index (χ3v) is 29.9. The van der Waals surface area contributed by atoms with Crippen LogP contribution in [0.5, 0.6) is 0 Å². The van der Waals surface area contributed by atoms with E-state index in [9.17, 15) is 0 Å². The number of fused-ring (bicyclic) bond motifs is 6. The summed E-state index contributed by atoms with van der Waals surface area (Å²) in [5, 5.41) is 3.68. The summed E-state index contributed by atoms with van der Waals surface area (Å²) in [5.74, 6) is 2.75. The van der Waals surface area contributed by atoms with Crippen molar-refractivity contribution in [3.63, 3.8) is 0 Å². The fourth-order valence-corrected chi connectivity index (χ4v) is 23.5. The summed E-state index contributed by atoms with van der Waals surface area (Å²) in [4.78, 5) is 48.7. The summed E-state index contributed by atoms with van der Waals surface area (Å²) < 4.78 is 4.13. The maximum absolute atomic E-state index is 16.8. The van der Waals surface area contributed by atoms with Gasteiger partial charge in [0.2, 0.25) is 0 Å². The highest BCUT2D eigenvalue weighted by atomic mass is 32.1. The van der Waals surface area contributed by atoms with E-state index in [0.29, 0.717) is 34.8 Å². The Morgan fingerprint density at radius 2 is 0.569 bits per heavy atom. The monoisotopic (exact) mass is 1470 g/mol. The van der Waals surface area contributed by atoms with E-state index < -0.39 is 0 Å². The SMILES string of the molecule is CCCCCCCCC(CCCCCC)Cc1ccc(-c2ccc3c4c(-c5ccc(-c6ccc(CC(CC)CCCC)s6)s5)c(=O)n5c6cc(-c7ccc(CC(CCCCCC)CCCCCCCC)s7)ccc6c6c(-c7ccc(-c8ccc(CC(CC)CCCC)s8)s7)c(=O)n(c3c2)c4c65)s1. The van der Waals surface area contributed by atoms with Crippen molar-refractivity contribution in [2.24, 2.45) is 23.7 Å². The average Bonchev–Trinajstić information content (AvgIpc) is 1.50. The molecule has 12 aromatic rings. The van der Waals surface area contributed by atoms with Crippen LogP contribution in [0.1, 0.15) is 280 Å². The first-order valence-corrected chi connectivity index (χ1v) is 45.8. The minimum atomic E-state index is -0.0207. The van der Waals surface area contributed by atoms with Gasteiger partial charge in [0.1, 0.15) is 0 Å². The van der Waals surface area contributed by atoms with Crippen LogP contribution in [0.2, 0.25) is 0 Å². The van der Waals surface area contributed by atoms with Crippen molar-refractivity contribution in [2.75, 3.05) is 0 Å². The summed E-state index contributed by atoms with van der Waals surface area (Å²) in [7, 11) is 0. The maximum Gasteiger partial charge on any atom is 0.265 e. The van der Waals surface area contributed by atoms with Crippen molar-refractivity contribution in [3.05, 3.63) is 149 Å². The molecule has 0 amide bonds. The number of rotatable bonds is 46. The van der Waals surface area contributed by atoms with Crippen molar-refractivity contribution in [3.8, 4) is 61.3 Å². The van der Waals surface area contributed by atoms with Gasteiger partial charge in [-0.2, -0.15) is 0 Å². The number of hydrogen-bond acceptors (Lipinski definition) is 8. The normalized spacial score (nSPS) is 13.5. The summed E-state index contributed by atoms with van der Waals surface area (Å²) in [5.41, 5.74) is 7.01. The van der Waals surface area contributed by atoms with Gasteiger partial charge in [-0.15, -0.1) is 68.0 Å².